The van der Waals surface area contributed by atoms with Crippen molar-refractivity contribution in [3.63, 3.8) is 0 Å². The summed E-state index contributed by atoms with van der Waals surface area (Å²) in [5, 5.41) is 9.79. The van der Waals surface area contributed by atoms with E-state index >= 15 is 0 Å². The first kappa shape index (κ1) is 11.9. The van der Waals surface area contributed by atoms with Crippen molar-refractivity contribution in [3.8, 4) is 5.75 Å². The third-order valence-corrected chi connectivity index (χ3v) is 3.93. The highest BCUT2D eigenvalue weighted by Crippen LogP contribution is 2.40. The molecule has 0 spiro atoms. The van der Waals surface area contributed by atoms with E-state index in [9.17, 15) is 9.50 Å². The number of benzene rings is 1. The van der Waals surface area contributed by atoms with Gasteiger partial charge >= 0.3 is 0 Å². The fourth-order valence-electron chi connectivity index (χ4n) is 2.39. The first-order chi connectivity index (χ1) is 7.53. The van der Waals surface area contributed by atoms with Crippen molar-refractivity contribution in [2.75, 3.05) is 0 Å². The molecular weight excluding hydrogens is 273 g/mol. The predicted molar refractivity (Wildman–Crippen MR) is 64.7 cm³/mol. The summed E-state index contributed by atoms with van der Waals surface area (Å²) in [6.45, 7) is 0. The summed E-state index contributed by atoms with van der Waals surface area (Å²) in [5.41, 5.74) is 6.45. The molecule has 0 atom stereocenters. The molecule has 88 valence electrons. The summed E-state index contributed by atoms with van der Waals surface area (Å²) in [7, 11) is 0. The van der Waals surface area contributed by atoms with Gasteiger partial charge in [0, 0.05) is 17.2 Å². The number of rotatable bonds is 1. The van der Waals surface area contributed by atoms with Crippen LogP contribution in [0.15, 0.2) is 16.6 Å². The summed E-state index contributed by atoms with van der Waals surface area (Å²) < 4.78 is 13.6. The zero-order valence-electron chi connectivity index (χ0n) is 8.97. The molecule has 0 saturated heterocycles. The maximum Gasteiger partial charge on any atom is 0.141 e. The highest BCUT2D eigenvalue weighted by atomic mass is 79.9. The molecule has 0 bridgehead atoms. The van der Waals surface area contributed by atoms with Gasteiger partial charge in [0.1, 0.15) is 11.6 Å². The summed E-state index contributed by atoms with van der Waals surface area (Å²) in [4.78, 5) is 0. The Morgan fingerprint density at radius 2 is 1.88 bits per heavy atom. The van der Waals surface area contributed by atoms with E-state index in [4.69, 9.17) is 5.73 Å². The Hall–Kier alpha value is -0.610. The number of hydrogen-bond acceptors (Lipinski definition) is 2. The Bertz CT molecular complexity index is 402. The van der Waals surface area contributed by atoms with Gasteiger partial charge in [0.25, 0.3) is 0 Å². The lowest BCUT2D eigenvalue weighted by Gasteiger charge is -2.34. The van der Waals surface area contributed by atoms with Gasteiger partial charge in [-0.1, -0.05) is 19.3 Å². The van der Waals surface area contributed by atoms with Gasteiger partial charge in [-0.15, -0.1) is 0 Å². The van der Waals surface area contributed by atoms with Gasteiger partial charge in [-0.3, -0.25) is 0 Å². The second-order valence-electron chi connectivity index (χ2n) is 4.50. The molecule has 1 fully saturated rings. The number of hydrogen-bond donors (Lipinski definition) is 2. The van der Waals surface area contributed by atoms with E-state index in [1.807, 2.05) is 0 Å². The van der Waals surface area contributed by atoms with Crippen LogP contribution in [0.5, 0.6) is 5.75 Å². The average molecular weight is 288 g/mol. The molecular formula is C12H15BrFNO. The lowest BCUT2D eigenvalue weighted by atomic mass is 9.77. The maximum absolute atomic E-state index is 13.2. The van der Waals surface area contributed by atoms with Crippen molar-refractivity contribution in [3.05, 3.63) is 28.0 Å². The second kappa shape index (κ2) is 4.34. The minimum atomic E-state index is -0.501. The number of phenols is 1. The van der Waals surface area contributed by atoms with Crippen LogP contribution in [0, 0.1) is 5.82 Å². The first-order valence-electron chi connectivity index (χ1n) is 5.50. The maximum atomic E-state index is 13.2. The lowest BCUT2D eigenvalue weighted by molar-refractivity contribution is 0.291. The molecule has 2 rings (SSSR count). The summed E-state index contributed by atoms with van der Waals surface area (Å²) in [6.07, 6.45) is 5.00. The van der Waals surface area contributed by atoms with Gasteiger partial charge in [-0.2, -0.15) is 0 Å². The van der Waals surface area contributed by atoms with Crippen LogP contribution in [0.4, 0.5) is 4.39 Å². The third-order valence-electron chi connectivity index (χ3n) is 3.32. The van der Waals surface area contributed by atoms with Crippen LogP contribution in [0.3, 0.4) is 0 Å². The summed E-state index contributed by atoms with van der Waals surface area (Å²) in [6, 6.07) is 2.73. The molecule has 0 heterocycles. The van der Waals surface area contributed by atoms with Gasteiger partial charge in [0.2, 0.25) is 0 Å². The van der Waals surface area contributed by atoms with Gasteiger partial charge in [-0.05, 0) is 34.8 Å². The van der Waals surface area contributed by atoms with Crippen LogP contribution in [0.25, 0.3) is 0 Å². The largest absolute Gasteiger partial charge is 0.507 e. The van der Waals surface area contributed by atoms with Crippen molar-refractivity contribution in [1.29, 1.82) is 0 Å². The zero-order valence-corrected chi connectivity index (χ0v) is 10.6. The number of nitrogens with two attached hydrogens (primary N) is 1. The lowest BCUT2D eigenvalue weighted by Crippen LogP contribution is -2.38. The smallest absolute Gasteiger partial charge is 0.141 e. The van der Waals surface area contributed by atoms with Crippen molar-refractivity contribution < 1.29 is 9.50 Å². The van der Waals surface area contributed by atoms with Gasteiger partial charge in [-0.25, -0.2) is 4.39 Å². The van der Waals surface area contributed by atoms with Crippen LogP contribution >= 0.6 is 15.9 Å². The van der Waals surface area contributed by atoms with Crippen molar-refractivity contribution >= 4 is 15.9 Å². The SMILES string of the molecule is NC1(c2cc(Br)c(F)cc2O)CCCCC1. The van der Waals surface area contributed by atoms with E-state index in [0.29, 0.717) is 10.0 Å². The molecule has 3 N–H and O–H groups in total. The molecule has 2 nitrogen and oxygen atoms in total. The monoisotopic (exact) mass is 287 g/mol. The predicted octanol–water partition coefficient (Wildman–Crippen LogP) is 3.41. The van der Waals surface area contributed by atoms with Crippen LogP contribution < -0.4 is 5.73 Å². The van der Waals surface area contributed by atoms with Crippen LogP contribution in [0.2, 0.25) is 0 Å². The standard InChI is InChI=1S/C12H15BrFNO/c13-9-6-8(11(16)7-10(9)14)12(15)4-2-1-3-5-12/h6-7,16H,1-5,15H2. The molecule has 0 aliphatic heterocycles. The Labute approximate surface area is 103 Å². The third kappa shape index (κ3) is 2.09. The quantitative estimate of drug-likeness (QED) is 0.831. The normalized spacial score (nSPS) is 19.7. The number of halogens is 2. The van der Waals surface area contributed by atoms with E-state index in [2.05, 4.69) is 15.9 Å². The summed E-state index contributed by atoms with van der Waals surface area (Å²) >= 11 is 3.13. The molecule has 1 aliphatic carbocycles. The fraction of sp³-hybridized carbons (Fsp3) is 0.500. The van der Waals surface area contributed by atoms with E-state index < -0.39 is 11.4 Å². The second-order valence-corrected chi connectivity index (χ2v) is 5.35. The topological polar surface area (TPSA) is 46.2 Å². The first-order valence-corrected chi connectivity index (χ1v) is 6.30. The van der Waals surface area contributed by atoms with Crippen molar-refractivity contribution in [1.82, 2.24) is 0 Å². The minimum absolute atomic E-state index is 0.0369. The zero-order chi connectivity index (χ0) is 11.8. The van der Waals surface area contributed by atoms with Gasteiger partial charge in [0.05, 0.1) is 4.47 Å². The van der Waals surface area contributed by atoms with E-state index in [0.717, 1.165) is 31.7 Å². The van der Waals surface area contributed by atoms with Gasteiger partial charge in [0.15, 0.2) is 0 Å². The Balaban J connectivity index is 2.42. The van der Waals surface area contributed by atoms with Crippen molar-refractivity contribution in [2.24, 2.45) is 5.73 Å². The molecule has 1 aromatic rings. The molecule has 1 saturated carbocycles. The molecule has 0 amide bonds. The molecule has 0 unspecified atom stereocenters. The van der Waals surface area contributed by atoms with Crippen LogP contribution in [0.1, 0.15) is 37.7 Å². The van der Waals surface area contributed by atoms with Crippen molar-refractivity contribution in [2.45, 2.75) is 37.6 Å². The molecule has 0 aromatic heterocycles. The highest BCUT2D eigenvalue weighted by Gasteiger charge is 2.32. The fourth-order valence-corrected chi connectivity index (χ4v) is 2.73. The average Bonchev–Trinajstić information content (AvgIpc) is 2.24. The minimum Gasteiger partial charge on any atom is -0.507 e. The van der Waals surface area contributed by atoms with E-state index in [1.54, 1.807) is 6.07 Å². The number of phenolic OH excluding ortho intramolecular Hbond substituents is 1. The van der Waals surface area contributed by atoms with Crippen LogP contribution in [-0.2, 0) is 5.54 Å². The summed E-state index contributed by atoms with van der Waals surface area (Å²) in [5.74, 6) is -0.495. The van der Waals surface area contributed by atoms with Gasteiger partial charge < -0.3 is 10.8 Å². The van der Waals surface area contributed by atoms with E-state index in [1.165, 1.54) is 6.42 Å². The molecule has 4 heteroatoms. The number of aromatic hydroxyl groups is 1. The Morgan fingerprint density at radius 1 is 1.25 bits per heavy atom. The Morgan fingerprint density at radius 3 is 2.50 bits per heavy atom. The highest BCUT2D eigenvalue weighted by molar-refractivity contribution is 9.10. The molecule has 16 heavy (non-hydrogen) atoms. The molecule has 1 aliphatic rings. The molecule has 1 aromatic carbocycles. The molecule has 0 radical (unpaired) electrons. The Kier molecular flexibility index (Phi) is 3.22. The van der Waals surface area contributed by atoms with E-state index in [-0.39, 0.29) is 5.75 Å². The van der Waals surface area contributed by atoms with Crippen LogP contribution in [-0.4, -0.2) is 5.11 Å².